The van der Waals surface area contributed by atoms with Gasteiger partial charge in [0.2, 0.25) is 0 Å². The minimum Gasteiger partial charge on any atom is -0.478 e. The molecule has 0 fully saturated rings. The molecule has 0 saturated carbocycles. The zero-order chi connectivity index (χ0) is 13.7. The van der Waals surface area contributed by atoms with Crippen LogP contribution in [0.1, 0.15) is 41.1 Å². The Labute approximate surface area is 111 Å². The van der Waals surface area contributed by atoms with Gasteiger partial charge in [-0.15, -0.1) is 0 Å². The highest BCUT2D eigenvalue weighted by Gasteiger charge is 2.10. The maximum Gasteiger partial charge on any atom is 0.335 e. The molecule has 5 heteroatoms. The van der Waals surface area contributed by atoms with Gasteiger partial charge in [-0.05, 0) is 24.1 Å². The van der Waals surface area contributed by atoms with Gasteiger partial charge in [-0.1, -0.05) is 19.1 Å². The van der Waals surface area contributed by atoms with Gasteiger partial charge in [-0.3, -0.25) is 0 Å². The van der Waals surface area contributed by atoms with Crippen molar-refractivity contribution in [3.63, 3.8) is 0 Å². The van der Waals surface area contributed by atoms with Crippen LogP contribution in [0.2, 0.25) is 0 Å². The van der Waals surface area contributed by atoms with Crippen molar-refractivity contribution in [2.24, 2.45) is 0 Å². The number of carbonyl (C=O) groups is 1. The van der Waals surface area contributed by atoms with Crippen molar-refractivity contribution in [1.29, 1.82) is 0 Å². The number of hydrogen-bond donors (Lipinski definition) is 3. The van der Waals surface area contributed by atoms with Gasteiger partial charge in [0, 0.05) is 18.9 Å². The predicted octanol–water partition coefficient (Wildman–Crippen LogP) is 2.35. The summed E-state index contributed by atoms with van der Waals surface area (Å²) in [6.07, 6.45) is 4.48. The number of nitrogens with zero attached hydrogens (tertiary/aromatic N) is 1. The minimum absolute atomic E-state index is 0.175. The molecule has 0 amide bonds. The van der Waals surface area contributed by atoms with Crippen LogP contribution in [0.5, 0.6) is 0 Å². The monoisotopic (exact) mass is 259 g/mol. The third kappa shape index (κ3) is 3.42. The molecule has 1 heterocycles. The van der Waals surface area contributed by atoms with Gasteiger partial charge in [0.15, 0.2) is 0 Å². The van der Waals surface area contributed by atoms with E-state index < -0.39 is 5.97 Å². The van der Waals surface area contributed by atoms with E-state index in [9.17, 15) is 4.79 Å². The first-order valence-electron chi connectivity index (χ1n) is 6.25. The number of rotatable bonds is 6. The van der Waals surface area contributed by atoms with E-state index in [2.05, 4.69) is 22.2 Å². The molecule has 0 bridgehead atoms. The highest BCUT2D eigenvalue weighted by Crippen LogP contribution is 2.13. The molecule has 0 radical (unpaired) electrons. The first-order chi connectivity index (χ1) is 9.20. The summed E-state index contributed by atoms with van der Waals surface area (Å²) in [5, 5.41) is 12.2. The second kappa shape index (κ2) is 6.15. The summed E-state index contributed by atoms with van der Waals surface area (Å²) in [4.78, 5) is 18.1. The molecule has 5 nitrogen and oxygen atoms in total. The third-order valence-corrected chi connectivity index (χ3v) is 3.01. The van der Waals surface area contributed by atoms with Crippen LogP contribution in [-0.4, -0.2) is 21.0 Å². The van der Waals surface area contributed by atoms with Crippen LogP contribution >= 0.6 is 0 Å². The van der Waals surface area contributed by atoms with Crippen LogP contribution < -0.4 is 5.32 Å². The molecule has 1 aromatic carbocycles. The number of benzene rings is 1. The third-order valence-electron chi connectivity index (χ3n) is 3.01. The van der Waals surface area contributed by atoms with Gasteiger partial charge < -0.3 is 15.4 Å². The topological polar surface area (TPSA) is 78.0 Å². The predicted molar refractivity (Wildman–Crippen MR) is 71.9 cm³/mol. The molecule has 1 aromatic heterocycles. The summed E-state index contributed by atoms with van der Waals surface area (Å²) in [6, 6.07) is 7.06. The van der Waals surface area contributed by atoms with Crippen molar-refractivity contribution in [3.8, 4) is 0 Å². The van der Waals surface area contributed by atoms with Crippen LogP contribution in [0.15, 0.2) is 36.7 Å². The lowest BCUT2D eigenvalue weighted by Gasteiger charge is -2.14. The van der Waals surface area contributed by atoms with E-state index in [1.165, 1.54) is 0 Å². The van der Waals surface area contributed by atoms with E-state index in [0.717, 1.165) is 17.8 Å². The lowest BCUT2D eigenvalue weighted by molar-refractivity contribution is 0.0697. The Kier molecular flexibility index (Phi) is 4.30. The van der Waals surface area contributed by atoms with Gasteiger partial charge in [-0.2, -0.15) is 0 Å². The van der Waals surface area contributed by atoms with Crippen molar-refractivity contribution in [2.75, 3.05) is 0 Å². The maximum atomic E-state index is 10.8. The summed E-state index contributed by atoms with van der Waals surface area (Å²) in [6.45, 7) is 2.77. The first kappa shape index (κ1) is 13.3. The Hall–Kier alpha value is -2.14. The molecule has 1 atom stereocenters. The highest BCUT2D eigenvalue weighted by atomic mass is 16.4. The molecule has 3 N–H and O–H groups in total. The van der Waals surface area contributed by atoms with E-state index in [1.54, 1.807) is 24.5 Å². The fourth-order valence-electron chi connectivity index (χ4n) is 1.91. The van der Waals surface area contributed by atoms with Gasteiger partial charge >= 0.3 is 5.97 Å². The standard InChI is InChI=1S/C14H17N3O2/c1-2-12(13-15-7-8-16-13)17-9-10-3-5-11(6-4-10)14(18)19/h3-8,12,17H,2,9H2,1H3,(H,15,16)(H,18,19). The summed E-state index contributed by atoms with van der Waals surface area (Å²) < 4.78 is 0. The van der Waals surface area contributed by atoms with Gasteiger partial charge in [0.1, 0.15) is 5.82 Å². The second-order valence-corrected chi connectivity index (χ2v) is 4.32. The average molecular weight is 259 g/mol. The fourth-order valence-corrected chi connectivity index (χ4v) is 1.91. The molecular formula is C14H17N3O2. The first-order valence-corrected chi connectivity index (χ1v) is 6.25. The van der Waals surface area contributed by atoms with Crippen LogP contribution in [0.4, 0.5) is 0 Å². The zero-order valence-corrected chi connectivity index (χ0v) is 10.8. The molecule has 0 saturated heterocycles. The minimum atomic E-state index is -0.901. The van der Waals surface area contributed by atoms with Crippen LogP contribution in [-0.2, 0) is 6.54 Å². The van der Waals surface area contributed by atoms with Crippen molar-refractivity contribution < 1.29 is 9.90 Å². The van der Waals surface area contributed by atoms with Crippen LogP contribution in [0.3, 0.4) is 0 Å². The number of hydrogen-bond acceptors (Lipinski definition) is 3. The quantitative estimate of drug-likeness (QED) is 0.744. The van der Waals surface area contributed by atoms with Crippen molar-refractivity contribution in [1.82, 2.24) is 15.3 Å². The SMILES string of the molecule is CCC(NCc1ccc(C(=O)O)cc1)c1ncc[nH]1. The Morgan fingerprint density at radius 2 is 2.16 bits per heavy atom. The second-order valence-electron chi connectivity index (χ2n) is 4.32. The molecule has 2 aromatic rings. The van der Waals surface area contributed by atoms with Gasteiger partial charge in [0.05, 0.1) is 11.6 Å². The Balaban J connectivity index is 1.96. The lowest BCUT2D eigenvalue weighted by Crippen LogP contribution is -2.21. The molecule has 0 spiro atoms. The summed E-state index contributed by atoms with van der Waals surface area (Å²) in [7, 11) is 0. The number of H-pyrrole nitrogens is 1. The zero-order valence-electron chi connectivity index (χ0n) is 10.8. The van der Waals surface area contributed by atoms with E-state index in [4.69, 9.17) is 5.11 Å². The van der Waals surface area contributed by atoms with E-state index >= 15 is 0 Å². The molecule has 0 aliphatic heterocycles. The molecular weight excluding hydrogens is 242 g/mol. The number of carboxylic acid groups (broad SMARTS) is 1. The number of aromatic nitrogens is 2. The fraction of sp³-hybridized carbons (Fsp3) is 0.286. The molecule has 0 aliphatic rings. The normalized spacial score (nSPS) is 12.3. The number of nitrogens with one attached hydrogen (secondary N) is 2. The van der Waals surface area contributed by atoms with Crippen molar-refractivity contribution >= 4 is 5.97 Å². The Morgan fingerprint density at radius 1 is 1.42 bits per heavy atom. The summed E-state index contributed by atoms with van der Waals surface area (Å²) >= 11 is 0. The molecule has 0 aliphatic carbocycles. The molecule has 100 valence electrons. The number of imidazole rings is 1. The highest BCUT2D eigenvalue weighted by molar-refractivity contribution is 5.87. The summed E-state index contributed by atoms with van der Waals surface area (Å²) in [5.74, 6) is 0.0196. The largest absolute Gasteiger partial charge is 0.478 e. The van der Waals surface area contributed by atoms with Crippen molar-refractivity contribution in [3.05, 3.63) is 53.6 Å². The Bertz CT molecular complexity index is 520. The maximum absolute atomic E-state index is 10.8. The smallest absolute Gasteiger partial charge is 0.335 e. The van der Waals surface area contributed by atoms with E-state index in [-0.39, 0.29) is 6.04 Å². The number of aromatic amines is 1. The van der Waals surface area contributed by atoms with Gasteiger partial charge in [-0.25, -0.2) is 9.78 Å². The van der Waals surface area contributed by atoms with Crippen LogP contribution in [0, 0.1) is 0 Å². The summed E-state index contributed by atoms with van der Waals surface area (Å²) in [5.41, 5.74) is 1.36. The number of carboxylic acids is 1. The number of aromatic carboxylic acids is 1. The van der Waals surface area contributed by atoms with Crippen molar-refractivity contribution in [2.45, 2.75) is 25.9 Å². The van der Waals surface area contributed by atoms with Gasteiger partial charge in [0.25, 0.3) is 0 Å². The van der Waals surface area contributed by atoms with Crippen LogP contribution in [0.25, 0.3) is 0 Å². The Morgan fingerprint density at radius 3 is 2.68 bits per heavy atom. The lowest BCUT2D eigenvalue weighted by atomic mass is 10.1. The molecule has 19 heavy (non-hydrogen) atoms. The average Bonchev–Trinajstić information content (AvgIpc) is 2.94. The molecule has 2 rings (SSSR count). The van der Waals surface area contributed by atoms with E-state index in [0.29, 0.717) is 12.1 Å². The molecule has 1 unspecified atom stereocenters. The van der Waals surface area contributed by atoms with E-state index in [1.807, 2.05) is 12.1 Å².